The van der Waals surface area contributed by atoms with Crippen LogP contribution in [0.15, 0.2) is 48.5 Å². The van der Waals surface area contributed by atoms with Gasteiger partial charge in [0.05, 0.1) is 20.3 Å². The number of anilines is 1. The molecule has 5 heteroatoms. The number of unbranched alkanes of at least 4 members (excludes halogenated alkanes) is 3. The maximum absolute atomic E-state index is 12.1. The second kappa shape index (κ2) is 12.7. The molecule has 5 nitrogen and oxygen atoms in total. The van der Waals surface area contributed by atoms with Gasteiger partial charge in [0.1, 0.15) is 17.2 Å². The number of methoxy groups -OCH3 is 1. The first-order valence-corrected chi connectivity index (χ1v) is 10.0. The van der Waals surface area contributed by atoms with Crippen LogP contribution in [-0.4, -0.2) is 26.2 Å². The van der Waals surface area contributed by atoms with Crippen molar-refractivity contribution in [2.45, 2.75) is 45.4 Å². The largest absolute Gasteiger partial charge is 0.497 e. The van der Waals surface area contributed by atoms with Crippen molar-refractivity contribution < 1.29 is 19.0 Å². The van der Waals surface area contributed by atoms with Crippen LogP contribution in [0.1, 0.15) is 45.4 Å². The molecule has 0 fully saturated rings. The summed E-state index contributed by atoms with van der Waals surface area (Å²) in [7, 11) is 1.63. The molecule has 0 saturated heterocycles. The van der Waals surface area contributed by atoms with Gasteiger partial charge in [0.2, 0.25) is 5.91 Å². The summed E-state index contributed by atoms with van der Waals surface area (Å²) in [4.78, 5) is 12.1. The second-order valence-corrected chi connectivity index (χ2v) is 6.61. The van der Waals surface area contributed by atoms with Crippen LogP contribution in [0, 0.1) is 0 Å². The molecule has 152 valence electrons. The SMILES string of the molecule is CCCCCCOc1ccc(NC(=O)CCCOc2ccc(OC)cc2)cc1. The highest BCUT2D eigenvalue weighted by Crippen LogP contribution is 2.18. The molecule has 0 spiro atoms. The van der Waals surface area contributed by atoms with Gasteiger partial charge in [0.15, 0.2) is 0 Å². The van der Waals surface area contributed by atoms with Crippen molar-refractivity contribution in [2.75, 3.05) is 25.6 Å². The van der Waals surface area contributed by atoms with Crippen LogP contribution in [0.25, 0.3) is 0 Å². The van der Waals surface area contributed by atoms with Gasteiger partial charge in [-0.05, 0) is 61.4 Å². The predicted molar refractivity (Wildman–Crippen MR) is 112 cm³/mol. The van der Waals surface area contributed by atoms with Gasteiger partial charge >= 0.3 is 0 Å². The molecule has 0 saturated carbocycles. The van der Waals surface area contributed by atoms with Crippen molar-refractivity contribution in [3.05, 3.63) is 48.5 Å². The van der Waals surface area contributed by atoms with Crippen molar-refractivity contribution in [2.24, 2.45) is 0 Å². The third-order valence-electron chi connectivity index (χ3n) is 4.28. The van der Waals surface area contributed by atoms with Crippen molar-refractivity contribution in [1.29, 1.82) is 0 Å². The minimum absolute atomic E-state index is 0.0217. The Hall–Kier alpha value is -2.69. The average molecular weight is 386 g/mol. The first-order chi connectivity index (χ1) is 13.7. The molecule has 2 aromatic carbocycles. The molecule has 2 rings (SSSR count). The fourth-order valence-electron chi connectivity index (χ4n) is 2.67. The van der Waals surface area contributed by atoms with Crippen molar-refractivity contribution in [3.63, 3.8) is 0 Å². The van der Waals surface area contributed by atoms with E-state index >= 15 is 0 Å². The molecule has 0 atom stereocenters. The molecule has 2 aromatic rings. The Labute approximate surface area is 168 Å². The zero-order valence-electron chi connectivity index (χ0n) is 16.9. The summed E-state index contributed by atoms with van der Waals surface area (Å²) in [5, 5.41) is 2.90. The van der Waals surface area contributed by atoms with Crippen molar-refractivity contribution in [1.82, 2.24) is 0 Å². The molecular weight excluding hydrogens is 354 g/mol. The monoisotopic (exact) mass is 385 g/mol. The fourth-order valence-corrected chi connectivity index (χ4v) is 2.67. The number of hydrogen-bond acceptors (Lipinski definition) is 4. The number of hydrogen-bond donors (Lipinski definition) is 1. The summed E-state index contributed by atoms with van der Waals surface area (Å²) in [6.07, 6.45) is 5.81. The zero-order valence-corrected chi connectivity index (χ0v) is 16.9. The topological polar surface area (TPSA) is 56.8 Å². The van der Waals surface area contributed by atoms with Gasteiger partial charge in [-0.15, -0.1) is 0 Å². The van der Waals surface area contributed by atoms with Crippen LogP contribution in [0.2, 0.25) is 0 Å². The molecule has 0 unspecified atom stereocenters. The van der Waals surface area contributed by atoms with Crippen LogP contribution < -0.4 is 19.5 Å². The summed E-state index contributed by atoms with van der Waals surface area (Å²) in [5.74, 6) is 2.38. The molecule has 1 N–H and O–H groups in total. The van der Waals surface area contributed by atoms with Gasteiger partial charge in [-0.1, -0.05) is 26.2 Å². The van der Waals surface area contributed by atoms with Gasteiger partial charge in [0, 0.05) is 12.1 Å². The Morgan fingerprint density at radius 2 is 1.36 bits per heavy atom. The summed E-state index contributed by atoms with van der Waals surface area (Å²) >= 11 is 0. The highest BCUT2D eigenvalue weighted by molar-refractivity contribution is 5.90. The van der Waals surface area contributed by atoms with E-state index in [1.54, 1.807) is 7.11 Å². The number of amides is 1. The lowest BCUT2D eigenvalue weighted by Gasteiger charge is -2.09. The fraction of sp³-hybridized carbons (Fsp3) is 0.435. The summed E-state index contributed by atoms with van der Waals surface area (Å²) in [5.41, 5.74) is 0.777. The van der Waals surface area contributed by atoms with E-state index in [2.05, 4.69) is 12.2 Å². The number of carbonyl (C=O) groups is 1. The number of carbonyl (C=O) groups excluding carboxylic acids is 1. The Morgan fingerprint density at radius 1 is 0.786 bits per heavy atom. The summed E-state index contributed by atoms with van der Waals surface area (Å²) in [6.45, 7) is 3.42. The van der Waals surface area contributed by atoms with Gasteiger partial charge in [-0.25, -0.2) is 0 Å². The molecule has 0 aliphatic heterocycles. The normalized spacial score (nSPS) is 10.4. The first kappa shape index (κ1) is 21.6. The third-order valence-corrected chi connectivity index (χ3v) is 4.28. The maximum Gasteiger partial charge on any atom is 0.224 e. The van der Waals surface area contributed by atoms with Crippen LogP contribution in [0.4, 0.5) is 5.69 Å². The highest BCUT2D eigenvalue weighted by Gasteiger charge is 2.04. The third kappa shape index (κ3) is 8.33. The molecule has 28 heavy (non-hydrogen) atoms. The Morgan fingerprint density at radius 3 is 1.96 bits per heavy atom. The lowest BCUT2D eigenvalue weighted by atomic mass is 10.2. The molecule has 0 aromatic heterocycles. The summed E-state index contributed by atoms with van der Waals surface area (Å²) < 4.78 is 16.5. The molecule has 0 radical (unpaired) electrons. The van der Waals surface area contributed by atoms with E-state index in [4.69, 9.17) is 14.2 Å². The number of ether oxygens (including phenoxy) is 3. The minimum Gasteiger partial charge on any atom is -0.497 e. The van der Waals surface area contributed by atoms with Gasteiger partial charge < -0.3 is 19.5 Å². The molecule has 0 aliphatic carbocycles. The standard InChI is InChI=1S/C23H31NO4/c1-3-4-5-6-17-27-21-11-9-19(10-12-21)24-23(25)8-7-18-28-22-15-13-20(26-2)14-16-22/h9-16H,3-8,17-18H2,1-2H3,(H,24,25). The zero-order chi connectivity index (χ0) is 20.0. The number of benzene rings is 2. The van der Waals surface area contributed by atoms with Crippen LogP contribution in [0.3, 0.4) is 0 Å². The lowest BCUT2D eigenvalue weighted by molar-refractivity contribution is -0.116. The Bertz CT molecular complexity index is 683. The predicted octanol–water partition coefficient (Wildman–Crippen LogP) is 5.45. The number of nitrogens with one attached hydrogen (secondary N) is 1. The van der Waals surface area contributed by atoms with E-state index in [-0.39, 0.29) is 5.91 Å². The minimum atomic E-state index is -0.0217. The van der Waals surface area contributed by atoms with E-state index in [0.29, 0.717) is 19.4 Å². The first-order valence-electron chi connectivity index (χ1n) is 10.0. The second-order valence-electron chi connectivity index (χ2n) is 6.61. The molecule has 1 amide bonds. The van der Waals surface area contributed by atoms with E-state index in [9.17, 15) is 4.79 Å². The Kier molecular flexibility index (Phi) is 9.76. The van der Waals surface area contributed by atoms with Crippen LogP contribution in [0.5, 0.6) is 17.2 Å². The molecule has 0 heterocycles. The molecule has 0 aliphatic rings. The highest BCUT2D eigenvalue weighted by atomic mass is 16.5. The van der Waals surface area contributed by atoms with E-state index < -0.39 is 0 Å². The summed E-state index contributed by atoms with van der Waals surface area (Å²) in [6, 6.07) is 14.9. The van der Waals surface area contributed by atoms with Crippen molar-refractivity contribution in [3.8, 4) is 17.2 Å². The molecule has 0 bridgehead atoms. The smallest absolute Gasteiger partial charge is 0.224 e. The van der Waals surface area contributed by atoms with E-state index in [1.165, 1.54) is 19.3 Å². The average Bonchev–Trinajstić information content (AvgIpc) is 2.73. The Balaban J connectivity index is 1.61. The van der Waals surface area contributed by atoms with Gasteiger partial charge in [0.25, 0.3) is 0 Å². The van der Waals surface area contributed by atoms with Crippen LogP contribution >= 0.6 is 0 Å². The molecular formula is C23H31NO4. The maximum atomic E-state index is 12.1. The quantitative estimate of drug-likeness (QED) is 0.466. The number of rotatable bonds is 13. The lowest BCUT2D eigenvalue weighted by Crippen LogP contribution is -2.12. The van der Waals surface area contributed by atoms with E-state index in [0.717, 1.165) is 36.0 Å². The van der Waals surface area contributed by atoms with E-state index in [1.807, 2.05) is 48.5 Å². The van der Waals surface area contributed by atoms with Gasteiger partial charge in [-0.3, -0.25) is 4.79 Å². The van der Waals surface area contributed by atoms with Gasteiger partial charge in [-0.2, -0.15) is 0 Å². The van der Waals surface area contributed by atoms with Crippen LogP contribution in [-0.2, 0) is 4.79 Å². The van der Waals surface area contributed by atoms with Crippen molar-refractivity contribution >= 4 is 11.6 Å².